The van der Waals surface area contributed by atoms with Crippen LogP contribution >= 0.6 is 11.6 Å². The van der Waals surface area contributed by atoms with Crippen LogP contribution in [0.5, 0.6) is 0 Å². The fraction of sp³-hybridized carbons (Fsp3) is 0.360. The van der Waals surface area contributed by atoms with Gasteiger partial charge < -0.3 is 16.2 Å². The van der Waals surface area contributed by atoms with Crippen molar-refractivity contribution in [2.24, 2.45) is 5.73 Å². The number of nitrogens with zero attached hydrogens (tertiary/aromatic N) is 1. The van der Waals surface area contributed by atoms with Crippen molar-refractivity contribution in [3.8, 4) is 11.1 Å². The molecule has 0 unspecified atom stereocenters. The molecule has 3 aromatic rings. The number of hydrogen-bond acceptors (Lipinski definition) is 4. The standard InChI is InChI=1S/C25H26ClN3O3/c26-15-5-11-19-22(13-15)29-21(2-1-3-23(29)31)24(19)14-4-10-18(25(27)32)20(12-14)28-16-6-8-17(30)9-7-16/h4-5,10-13,16-17,28,30H,1-3,6-9H2,(H2,27,32)/t16-,17-. The molecule has 6 nitrogen and oxygen atoms in total. The predicted octanol–water partition coefficient (Wildman–Crippen LogP) is 4.75. The minimum Gasteiger partial charge on any atom is -0.393 e. The van der Waals surface area contributed by atoms with E-state index < -0.39 is 5.91 Å². The van der Waals surface area contributed by atoms with Gasteiger partial charge in [-0.1, -0.05) is 23.7 Å². The SMILES string of the molecule is NC(=O)c1ccc(-c2c3n(c4cc(Cl)ccc24)C(=O)CCC3)cc1N[C@H]1CC[C@H](O)CC1. The molecular formula is C25H26ClN3O3. The third-order valence-electron chi connectivity index (χ3n) is 6.71. The van der Waals surface area contributed by atoms with Crippen LogP contribution < -0.4 is 11.1 Å². The Morgan fingerprint density at radius 2 is 1.88 bits per heavy atom. The van der Waals surface area contributed by atoms with E-state index in [0.29, 0.717) is 22.7 Å². The number of aliphatic hydroxyl groups is 1. The van der Waals surface area contributed by atoms with Crippen LogP contribution in [0.3, 0.4) is 0 Å². The number of halogens is 1. The maximum absolute atomic E-state index is 12.8. The van der Waals surface area contributed by atoms with Crippen LogP contribution in [0.15, 0.2) is 36.4 Å². The summed E-state index contributed by atoms with van der Waals surface area (Å²) in [6, 6.07) is 11.4. The second-order valence-corrected chi connectivity index (χ2v) is 9.28. The highest BCUT2D eigenvalue weighted by Gasteiger charge is 2.27. The number of aromatic nitrogens is 1. The first kappa shape index (κ1) is 21.0. The third kappa shape index (κ3) is 3.67. The lowest BCUT2D eigenvalue weighted by atomic mass is 9.92. The lowest BCUT2D eigenvalue weighted by Crippen LogP contribution is -2.29. The summed E-state index contributed by atoms with van der Waals surface area (Å²) >= 11 is 6.26. The number of carbonyl (C=O) groups is 2. The number of fused-ring (bicyclic) bond motifs is 3. The van der Waals surface area contributed by atoms with E-state index in [9.17, 15) is 14.7 Å². The van der Waals surface area contributed by atoms with Crippen molar-refractivity contribution in [1.29, 1.82) is 0 Å². The molecule has 1 aliphatic heterocycles. The van der Waals surface area contributed by atoms with Gasteiger partial charge in [0.05, 0.1) is 17.2 Å². The summed E-state index contributed by atoms with van der Waals surface area (Å²) < 4.78 is 1.80. The van der Waals surface area contributed by atoms with E-state index in [0.717, 1.165) is 66.2 Å². The van der Waals surface area contributed by atoms with E-state index in [1.807, 2.05) is 30.3 Å². The van der Waals surface area contributed by atoms with Crippen LogP contribution in [-0.2, 0) is 6.42 Å². The van der Waals surface area contributed by atoms with E-state index in [1.165, 1.54) is 0 Å². The molecule has 32 heavy (non-hydrogen) atoms. The van der Waals surface area contributed by atoms with E-state index >= 15 is 0 Å². The molecule has 0 radical (unpaired) electrons. The Morgan fingerprint density at radius 1 is 1.09 bits per heavy atom. The van der Waals surface area contributed by atoms with Gasteiger partial charge in [-0.15, -0.1) is 0 Å². The van der Waals surface area contributed by atoms with Gasteiger partial charge in [0.1, 0.15) is 0 Å². The molecule has 166 valence electrons. The first-order valence-electron chi connectivity index (χ1n) is 11.2. The molecule has 2 aromatic carbocycles. The van der Waals surface area contributed by atoms with Crippen LogP contribution in [0.2, 0.25) is 5.02 Å². The molecule has 0 spiro atoms. The van der Waals surface area contributed by atoms with Gasteiger partial charge in [-0.25, -0.2) is 0 Å². The van der Waals surface area contributed by atoms with Crippen LogP contribution in [-0.4, -0.2) is 33.6 Å². The van der Waals surface area contributed by atoms with Crippen LogP contribution in [0.4, 0.5) is 5.69 Å². The molecule has 4 N–H and O–H groups in total. The molecule has 1 amide bonds. The van der Waals surface area contributed by atoms with Gasteiger partial charge in [0.15, 0.2) is 0 Å². The highest BCUT2D eigenvalue weighted by Crippen LogP contribution is 2.40. The second-order valence-electron chi connectivity index (χ2n) is 8.84. The predicted molar refractivity (Wildman–Crippen MR) is 126 cm³/mol. The monoisotopic (exact) mass is 451 g/mol. The quantitative estimate of drug-likeness (QED) is 0.533. The molecule has 1 aromatic heterocycles. The number of rotatable bonds is 4. The van der Waals surface area contributed by atoms with Gasteiger partial charge in [0.25, 0.3) is 5.91 Å². The summed E-state index contributed by atoms with van der Waals surface area (Å²) in [5, 5.41) is 14.9. The van der Waals surface area contributed by atoms with Crippen molar-refractivity contribution in [3.63, 3.8) is 0 Å². The van der Waals surface area contributed by atoms with Crippen molar-refractivity contribution in [2.45, 2.75) is 57.1 Å². The zero-order valence-electron chi connectivity index (χ0n) is 17.7. The fourth-order valence-electron chi connectivity index (χ4n) is 5.15. The minimum absolute atomic E-state index is 0.0811. The van der Waals surface area contributed by atoms with Gasteiger partial charge in [-0.05, 0) is 68.4 Å². The molecule has 0 saturated heterocycles. The highest BCUT2D eigenvalue weighted by molar-refractivity contribution is 6.31. The second kappa shape index (κ2) is 8.26. The summed E-state index contributed by atoms with van der Waals surface area (Å²) in [7, 11) is 0. The summed E-state index contributed by atoms with van der Waals surface area (Å²) in [5.74, 6) is -0.404. The first-order chi connectivity index (χ1) is 15.4. The molecule has 7 heteroatoms. The average molecular weight is 452 g/mol. The number of primary amides is 1. The molecule has 0 bridgehead atoms. The molecule has 1 aliphatic carbocycles. The van der Waals surface area contributed by atoms with E-state index in [2.05, 4.69) is 5.32 Å². The molecule has 2 heterocycles. The summed E-state index contributed by atoms with van der Waals surface area (Å²) in [5.41, 5.74) is 10.5. The van der Waals surface area contributed by atoms with E-state index in [1.54, 1.807) is 10.6 Å². The van der Waals surface area contributed by atoms with Crippen molar-refractivity contribution in [1.82, 2.24) is 4.57 Å². The van der Waals surface area contributed by atoms with Crippen LogP contribution in [0, 0.1) is 0 Å². The van der Waals surface area contributed by atoms with Gasteiger partial charge >= 0.3 is 0 Å². The Hall–Kier alpha value is -2.83. The Morgan fingerprint density at radius 3 is 2.62 bits per heavy atom. The Bertz CT molecular complexity index is 1220. The molecule has 0 atom stereocenters. The zero-order chi connectivity index (χ0) is 22.4. The number of nitrogens with one attached hydrogen (secondary N) is 1. The van der Waals surface area contributed by atoms with E-state index in [4.69, 9.17) is 17.3 Å². The first-order valence-corrected chi connectivity index (χ1v) is 11.5. The minimum atomic E-state index is -0.486. The van der Waals surface area contributed by atoms with Crippen molar-refractivity contribution in [3.05, 3.63) is 52.7 Å². The average Bonchev–Trinajstić information content (AvgIpc) is 3.09. The summed E-state index contributed by atoms with van der Waals surface area (Å²) in [6.45, 7) is 0. The number of nitrogens with two attached hydrogens (primary N) is 1. The Balaban J connectivity index is 1.64. The van der Waals surface area contributed by atoms with Gasteiger partial charge in [0.2, 0.25) is 5.91 Å². The molecule has 5 rings (SSSR count). The molecule has 2 aliphatic rings. The van der Waals surface area contributed by atoms with Crippen LogP contribution in [0.1, 0.15) is 59.4 Å². The summed E-state index contributed by atoms with van der Waals surface area (Å²) in [4.78, 5) is 24.9. The number of carbonyl (C=O) groups excluding carboxylic acids is 2. The number of hydrogen-bond donors (Lipinski definition) is 3. The largest absolute Gasteiger partial charge is 0.393 e. The third-order valence-corrected chi connectivity index (χ3v) is 6.95. The lowest BCUT2D eigenvalue weighted by molar-refractivity contribution is 0.0889. The van der Waals surface area contributed by atoms with Crippen LogP contribution in [0.25, 0.3) is 22.0 Å². The summed E-state index contributed by atoms with van der Waals surface area (Å²) in [6.07, 6.45) is 5.02. The number of amides is 1. The fourth-order valence-corrected chi connectivity index (χ4v) is 5.32. The van der Waals surface area contributed by atoms with Crippen molar-refractivity contribution in [2.75, 3.05) is 5.32 Å². The zero-order valence-corrected chi connectivity index (χ0v) is 18.5. The molecule has 1 saturated carbocycles. The van der Waals surface area contributed by atoms with Crippen molar-refractivity contribution < 1.29 is 14.7 Å². The highest BCUT2D eigenvalue weighted by atomic mass is 35.5. The van der Waals surface area contributed by atoms with Gasteiger partial charge in [-0.2, -0.15) is 0 Å². The Labute approximate surface area is 191 Å². The van der Waals surface area contributed by atoms with E-state index in [-0.39, 0.29) is 18.1 Å². The topological polar surface area (TPSA) is 97.4 Å². The smallest absolute Gasteiger partial charge is 0.250 e. The molecule has 1 fully saturated rings. The lowest BCUT2D eigenvalue weighted by Gasteiger charge is -2.28. The number of anilines is 1. The maximum atomic E-state index is 12.8. The number of benzene rings is 2. The normalized spacial score (nSPS) is 20.9. The van der Waals surface area contributed by atoms with Gasteiger partial charge in [-0.3, -0.25) is 14.2 Å². The number of aliphatic hydroxyl groups excluding tert-OH is 1. The maximum Gasteiger partial charge on any atom is 0.250 e. The Kier molecular flexibility index (Phi) is 5.43. The van der Waals surface area contributed by atoms with Gasteiger partial charge in [0, 0.05) is 39.8 Å². The van der Waals surface area contributed by atoms with Crippen molar-refractivity contribution >= 4 is 40.0 Å². The molecular weight excluding hydrogens is 426 g/mol.